The van der Waals surface area contributed by atoms with Gasteiger partial charge in [0.2, 0.25) is 11.9 Å². The molecule has 1 aromatic carbocycles. The first-order chi connectivity index (χ1) is 16.4. The molecule has 34 heavy (non-hydrogen) atoms. The number of aromatic nitrogens is 3. The lowest BCUT2D eigenvalue weighted by Gasteiger charge is -2.35. The van der Waals surface area contributed by atoms with Crippen LogP contribution < -0.4 is 15.5 Å². The number of nitrogens with one attached hydrogen (secondary N) is 2. The summed E-state index contributed by atoms with van der Waals surface area (Å²) in [5.41, 5.74) is 6.50. The molecule has 2 amide bonds. The van der Waals surface area contributed by atoms with Gasteiger partial charge in [0.1, 0.15) is 5.69 Å². The molecular formula is C25H29N7O2. The molecule has 9 heteroatoms. The van der Waals surface area contributed by atoms with Gasteiger partial charge in [0.25, 0.3) is 5.91 Å². The summed E-state index contributed by atoms with van der Waals surface area (Å²) < 4.78 is 2.08. The second-order valence-electron chi connectivity index (χ2n) is 8.77. The number of hydrogen-bond acceptors (Lipinski definition) is 6. The lowest BCUT2D eigenvalue weighted by Crippen LogP contribution is -2.48. The molecule has 0 atom stereocenters. The highest BCUT2D eigenvalue weighted by Gasteiger charge is 2.26. The Morgan fingerprint density at radius 1 is 1.03 bits per heavy atom. The molecule has 2 aromatic heterocycles. The van der Waals surface area contributed by atoms with Gasteiger partial charge < -0.3 is 25.0 Å². The zero-order valence-corrected chi connectivity index (χ0v) is 19.8. The van der Waals surface area contributed by atoms with Gasteiger partial charge in [-0.05, 0) is 49.7 Å². The van der Waals surface area contributed by atoms with Gasteiger partial charge in [-0.25, -0.2) is 9.97 Å². The van der Waals surface area contributed by atoms with Gasteiger partial charge in [0, 0.05) is 75.0 Å². The Labute approximate surface area is 198 Å². The molecule has 0 saturated carbocycles. The van der Waals surface area contributed by atoms with Crippen LogP contribution in [-0.4, -0.2) is 64.0 Å². The van der Waals surface area contributed by atoms with Crippen molar-refractivity contribution in [2.75, 3.05) is 42.9 Å². The van der Waals surface area contributed by atoms with Crippen LogP contribution in [0.3, 0.4) is 0 Å². The molecule has 0 bridgehead atoms. The van der Waals surface area contributed by atoms with Crippen LogP contribution >= 0.6 is 0 Å². The van der Waals surface area contributed by atoms with Crippen molar-refractivity contribution in [2.24, 2.45) is 0 Å². The molecule has 9 nitrogen and oxygen atoms in total. The van der Waals surface area contributed by atoms with Crippen LogP contribution in [0.25, 0.3) is 11.3 Å². The third kappa shape index (κ3) is 3.98. The summed E-state index contributed by atoms with van der Waals surface area (Å²) >= 11 is 0. The lowest BCUT2D eigenvalue weighted by atomic mass is 10.1. The van der Waals surface area contributed by atoms with Crippen LogP contribution in [0.15, 0.2) is 36.5 Å². The van der Waals surface area contributed by atoms with Crippen molar-refractivity contribution in [3.63, 3.8) is 0 Å². The SMILES string of the molecule is CC(=O)N1CCN(c2ccc(Nc3nccc(-c4c(C)c5n(c4C)CCNC5=O)n3)cc2)CC1. The molecular weight excluding hydrogens is 430 g/mol. The zero-order valence-electron chi connectivity index (χ0n) is 19.8. The number of nitrogens with zero attached hydrogens (tertiary/aromatic N) is 5. The highest BCUT2D eigenvalue weighted by atomic mass is 16.2. The molecule has 2 N–H and O–H groups in total. The number of rotatable bonds is 4. The first-order valence-electron chi connectivity index (χ1n) is 11.6. The zero-order chi connectivity index (χ0) is 23.8. The third-order valence-corrected chi connectivity index (χ3v) is 6.73. The van der Waals surface area contributed by atoms with E-state index in [1.54, 1.807) is 13.1 Å². The van der Waals surface area contributed by atoms with Crippen molar-refractivity contribution in [3.05, 3.63) is 53.5 Å². The highest BCUT2D eigenvalue weighted by Crippen LogP contribution is 2.32. The van der Waals surface area contributed by atoms with E-state index in [9.17, 15) is 9.59 Å². The molecule has 176 valence electrons. The number of anilines is 3. The second kappa shape index (κ2) is 8.81. The van der Waals surface area contributed by atoms with Gasteiger partial charge >= 0.3 is 0 Å². The van der Waals surface area contributed by atoms with E-state index in [2.05, 4.69) is 37.2 Å². The number of amides is 2. The van der Waals surface area contributed by atoms with E-state index in [0.29, 0.717) is 18.2 Å². The van der Waals surface area contributed by atoms with Crippen LogP contribution in [0.5, 0.6) is 0 Å². The smallest absolute Gasteiger partial charge is 0.268 e. The van der Waals surface area contributed by atoms with Gasteiger partial charge in [-0.2, -0.15) is 0 Å². The highest BCUT2D eigenvalue weighted by molar-refractivity contribution is 5.97. The molecule has 5 rings (SSSR count). The normalized spacial score (nSPS) is 15.7. The average Bonchev–Trinajstić information content (AvgIpc) is 3.10. The molecule has 1 fully saturated rings. The van der Waals surface area contributed by atoms with E-state index in [0.717, 1.165) is 66.6 Å². The van der Waals surface area contributed by atoms with Gasteiger partial charge in [-0.3, -0.25) is 9.59 Å². The minimum Gasteiger partial charge on any atom is -0.368 e. The summed E-state index contributed by atoms with van der Waals surface area (Å²) in [5.74, 6) is 0.608. The molecule has 4 heterocycles. The molecule has 0 radical (unpaired) electrons. The molecule has 0 aliphatic carbocycles. The summed E-state index contributed by atoms with van der Waals surface area (Å²) in [6.45, 7) is 10.2. The molecule has 0 unspecified atom stereocenters. The number of benzene rings is 1. The number of fused-ring (bicyclic) bond motifs is 1. The van der Waals surface area contributed by atoms with Crippen molar-refractivity contribution in [2.45, 2.75) is 27.3 Å². The summed E-state index contributed by atoms with van der Waals surface area (Å²) in [6.07, 6.45) is 1.74. The Hall–Kier alpha value is -3.88. The van der Waals surface area contributed by atoms with Crippen LogP contribution in [-0.2, 0) is 11.3 Å². The predicted octanol–water partition coefficient (Wildman–Crippen LogP) is 2.72. The van der Waals surface area contributed by atoms with Gasteiger partial charge in [0.05, 0.1) is 5.69 Å². The molecule has 1 saturated heterocycles. The summed E-state index contributed by atoms with van der Waals surface area (Å²) in [4.78, 5) is 37.3. The first-order valence-corrected chi connectivity index (χ1v) is 11.6. The number of hydrogen-bond donors (Lipinski definition) is 2. The largest absolute Gasteiger partial charge is 0.368 e. The number of piperazine rings is 1. The Morgan fingerprint density at radius 2 is 1.76 bits per heavy atom. The van der Waals surface area contributed by atoms with Crippen molar-refractivity contribution < 1.29 is 9.59 Å². The Morgan fingerprint density at radius 3 is 2.44 bits per heavy atom. The summed E-state index contributed by atoms with van der Waals surface area (Å²) in [5, 5.41) is 6.22. The Balaban J connectivity index is 1.33. The van der Waals surface area contributed by atoms with E-state index >= 15 is 0 Å². The topological polar surface area (TPSA) is 95.4 Å². The van der Waals surface area contributed by atoms with Crippen molar-refractivity contribution >= 4 is 29.1 Å². The molecule has 2 aliphatic heterocycles. The summed E-state index contributed by atoms with van der Waals surface area (Å²) in [6, 6.07) is 10.1. The quantitative estimate of drug-likeness (QED) is 0.623. The van der Waals surface area contributed by atoms with Gasteiger partial charge in [0.15, 0.2) is 0 Å². The van der Waals surface area contributed by atoms with Crippen molar-refractivity contribution in [1.82, 2.24) is 24.8 Å². The van der Waals surface area contributed by atoms with E-state index in [1.165, 1.54) is 0 Å². The molecule has 3 aromatic rings. The average molecular weight is 460 g/mol. The Bertz CT molecular complexity index is 1240. The minimum atomic E-state index is -0.0340. The van der Waals surface area contributed by atoms with E-state index < -0.39 is 0 Å². The number of carbonyl (C=O) groups excluding carboxylic acids is 2. The van der Waals surface area contributed by atoms with Crippen LogP contribution in [0.2, 0.25) is 0 Å². The second-order valence-corrected chi connectivity index (χ2v) is 8.77. The van der Waals surface area contributed by atoms with E-state index in [4.69, 9.17) is 4.98 Å². The Kier molecular flexibility index (Phi) is 5.69. The first kappa shape index (κ1) is 21.9. The lowest BCUT2D eigenvalue weighted by molar-refractivity contribution is -0.129. The van der Waals surface area contributed by atoms with Crippen molar-refractivity contribution in [1.29, 1.82) is 0 Å². The van der Waals surface area contributed by atoms with Gasteiger partial charge in [-0.1, -0.05) is 0 Å². The third-order valence-electron chi connectivity index (χ3n) is 6.73. The van der Waals surface area contributed by atoms with E-state index in [-0.39, 0.29) is 11.8 Å². The fourth-order valence-corrected chi connectivity index (χ4v) is 4.93. The fourth-order valence-electron chi connectivity index (χ4n) is 4.93. The van der Waals surface area contributed by atoms with Crippen LogP contribution in [0.1, 0.15) is 28.7 Å². The standard InChI is InChI=1S/C25H29N7O2/c1-16-22(17(2)32-11-10-26-24(34)23(16)32)21-8-9-27-25(29-21)28-19-4-6-20(7-5-19)31-14-12-30(13-15-31)18(3)33/h4-9H,10-15H2,1-3H3,(H,26,34)(H,27,28,29). The maximum absolute atomic E-state index is 12.4. The van der Waals surface area contributed by atoms with E-state index in [1.807, 2.05) is 36.9 Å². The summed E-state index contributed by atoms with van der Waals surface area (Å²) in [7, 11) is 0. The van der Waals surface area contributed by atoms with Crippen molar-refractivity contribution in [3.8, 4) is 11.3 Å². The maximum atomic E-state index is 12.4. The van der Waals surface area contributed by atoms with Gasteiger partial charge in [-0.15, -0.1) is 0 Å². The number of carbonyl (C=O) groups is 2. The predicted molar refractivity (Wildman–Crippen MR) is 131 cm³/mol. The molecule has 2 aliphatic rings. The van der Waals surface area contributed by atoms with Crippen LogP contribution in [0, 0.1) is 13.8 Å². The maximum Gasteiger partial charge on any atom is 0.268 e. The monoisotopic (exact) mass is 459 g/mol. The minimum absolute atomic E-state index is 0.0340. The molecule has 0 spiro atoms. The van der Waals surface area contributed by atoms with Crippen LogP contribution in [0.4, 0.5) is 17.3 Å². The fraction of sp³-hybridized carbons (Fsp3) is 0.360.